The van der Waals surface area contributed by atoms with Crippen molar-refractivity contribution in [1.82, 2.24) is 19.7 Å². The van der Waals surface area contributed by atoms with Crippen LogP contribution in [0.2, 0.25) is 0 Å². The number of benzene rings is 1. The van der Waals surface area contributed by atoms with E-state index in [4.69, 9.17) is 10.1 Å². The molecule has 4 rings (SSSR count). The predicted octanol–water partition coefficient (Wildman–Crippen LogP) is 3.09. The summed E-state index contributed by atoms with van der Waals surface area (Å²) in [6.07, 6.45) is 4.60. The Morgan fingerprint density at radius 3 is 2.75 bits per heavy atom. The van der Waals surface area contributed by atoms with Gasteiger partial charge in [-0.15, -0.1) is 0 Å². The van der Waals surface area contributed by atoms with Gasteiger partial charge in [0, 0.05) is 43.3 Å². The van der Waals surface area contributed by atoms with Crippen molar-refractivity contribution < 1.29 is 9.90 Å². The Labute approximate surface area is 163 Å². The molecule has 0 radical (unpaired) electrons. The van der Waals surface area contributed by atoms with Crippen molar-refractivity contribution in [3.63, 3.8) is 0 Å². The zero-order valence-electron chi connectivity index (χ0n) is 16.0. The molecule has 1 N–H and O–H groups in total. The Bertz CT molecular complexity index is 983. The molecule has 144 valence electrons. The maximum Gasteiger partial charge on any atom is 0.227 e. The number of phenolic OH excluding ortho intramolecular Hbond substituents is 1. The van der Waals surface area contributed by atoms with Gasteiger partial charge in [-0.25, -0.2) is 9.67 Å². The van der Waals surface area contributed by atoms with Crippen molar-refractivity contribution in [3.8, 4) is 11.4 Å². The summed E-state index contributed by atoms with van der Waals surface area (Å²) in [5.74, 6) is 2.07. The normalized spacial score (nSPS) is 16.9. The molecule has 1 aliphatic rings. The smallest absolute Gasteiger partial charge is 0.227 e. The minimum atomic E-state index is -0.0801. The topological polar surface area (TPSA) is 84.1 Å². The minimum Gasteiger partial charge on any atom is -0.508 e. The van der Waals surface area contributed by atoms with Crippen LogP contribution >= 0.6 is 0 Å². The van der Waals surface area contributed by atoms with Crippen LogP contribution in [0.3, 0.4) is 0 Å². The van der Waals surface area contributed by atoms with Crippen molar-refractivity contribution >= 4 is 11.6 Å². The van der Waals surface area contributed by atoms with Crippen molar-refractivity contribution in [2.24, 2.45) is 5.92 Å². The van der Waals surface area contributed by atoms with E-state index >= 15 is 0 Å². The van der Waals surface area contributed by atoms with E-state index in [9.17, 15) is 9.90 Å². The third-order valence-corrected chi connectivity index (χ3v) is 4.79. The first kappa shape index (κ1) is 18.2. The molecule has 7 nitrogen and oxygen atoms in total. The molecule has 1 unspecified atom stereocenters. The van der Waals surface area contributed by atoms with Crippen LogP contribution < -0.4 is 4.90 Å². The van der Waals surface area contributed by atoms with Gasteiger partial charge in [0.05, 0.1) is 11.9 Å². The molecule has 1 saturated heterocycles. The summed E-state index contributed by atoms with van der Waals surface area (Å²) in [4.78, 5) is 23.4. The average Bonchev–Trinajstić information content (AvgIpc) is 3.25. The van der Waals surface area contributed by atoms with Crippen LogP contribution in [-0.2, 0) is 11.2 Å². The first-order chi connectivity index (χ1) is 13.5. The van der Waals surface area contributed by atoms with Gasteiger partial charge in [0.25, 0.3) is 0 Å². The van der Waals surface area contributed by atoms with Crippen LogP contribution in [0.25, 0.3) is 5.69 Å². The maximum absolute atomic E-state index is 12.7. The van der Waals surface area contributed by atoms with Crippen molar-refractivity contribution in [2.45, 2.75) is 32.6 Å². The lowest BCUT2D eigenvalue weighted by Crippen LogP contribution is -2.24. The zero-order valence-corrected chi connectivity index (χ0v) is 16.0. The number of anilines is 1. The van der Waals surface area contributed by atoms with Crippen molar-refractivity contribution in [3.05, 3.63) is 60.4 Å². The fourth-order valence-corrected chi connectivity index (χ4v) is 3.54. The molecule has 0 aliphatic carbocycles. The molecule has 1 aliphatic heterocycles. The number of hydrogen-bond acceptors (Lipinski definition) is 5. The quantitative estimate of drug-likeness (QED) is 0.739. The summed E-state index contributed by atoms with van der Waals surface area (Å²) < 4.78 is 1.81. The lowest BCUT2D eigenvalue weighted by atomic mass is 10.1. The standard InChI is InChI=1S/C21H23N5O2/c1-14(2)9-19-23-21(26(24-19)17-6-4-8-22-12-17)15-10-20(28)25(13-15)16-5-3-7-18(27)11-16/h3-8,11-12,14-15,27H,9-10,13H2,1-2H3. The molecule has 2 aromatic heterocycles. The number of phenols is 1. The molecule has 1 aromatic carbocycles. The first-order valence-electron chi connectivity index (χ1n) is 9.47. The second kappa shape index (κ2) is 7.42. The van der Waals surface area contributed by atoms with E-state index in [-0.39, 0.29) is 17.6 Å². The van der Waals surface area contributed by atoms with Crippen LogP contribution in [-0.4, -0.2) is 37.3 Å². The average molecular weight is 377 g/mol. The van der Waals surface area contributed by atoms with Crippen LogP contribution in [0.4, 0.5) is 5.69 Å². The van der Waals surface area contributed by atoms with E-state index in [0.29, 0.717) is 24.6 Å². The van der Waals surface area contributed by atoms with Gasteiger partial charge in [-0.2, -0.15) is 5.10 Å². The third-order valence-electron chi connectivity index (χ3n) is 4.79. The molecule has 0 spiro atoms. The van der Waals surface area contributed by atoms with Gasteiger partial charge in [0.15, 0.2) is 5.82 Å². The number of rotatable bonds is 5. The number of aromatic nitrogens is 4. The maximum atomic E-state index is 12.7. The lowest BCUT2D eigenvalue weighted by Gasteiger charge is -2.17. The molecule has 1 fully saturated rings. The van der Waals surface area contributed by atoms with Gasteiger partial charge in [-0.05, 0) is 30.2 Å². The zero-order chi connectivity index (χ0) is 19.7. The lowest BCUT2D eigenvalue weighted by molar-refractivity contribution is -0.117. The highest BCUT2D eigenvalue weighted by Gasteiger charge is 2.35. The second-order valence-corrected chi connectivity index (χ2v) is 7.53. The fraction of sp³-hybridized carbons (Fsp3) is 0.333. The largest absolute Gasteiger partial charge is 0.508 e. The van der Waals surface area contributed by atoms with E-state index in [1.807, 2.05) is 22.9 Å². The number of hydrogen-bond donors (Lipinski definition) is 1. The molecular formula is C21H23N5O2. The van der Waals surface area contributed by atoms with E-state index < -0.39 is 0 Å². The van der Waals surface area contributed by atoms with Gasteiger partial charge in [-0.1, -0.05) is 19.9 Å². The first-order valence-corrected chi connectivity index (χ1v) is 9.47. The summed E-state index contributed by atoms with van der Waals surface area (Å²) >= 11 is 0. The van der Waals surface area contributed by atoms with Crippen LogP contribution in [0.1, 0.15) is 37.8 Å². The molecule has 0 bridgehead atoms. The molecule has 28 heavy (non-hydrogen) atoms. The Kier molecular flexibility index (Phi) is 4.81. The van der Waals surface area contributed by atoms with Crippen LogP contribution in [0.15, 0.2) is 48.8 Å². The molecule has 1 amide bonds. The number of carbonyl (C=O) groups is 1. The van der Waals surface area contributed by atoms with Gasteiger partial charge in [0.1, 0.15) is 11.6 Å². The Morgan fingerprint density at radius 1 is 1.21 bits per heavy atom. The Balaban J connectivity index is 1.68. The molecule has 1 atom stereocenters. The predicted molar refractivity (Wildman–Crippen MR) is 106 cm³/mol. The highest BCUT2D eigenvalue weighted by atomic mass is 16.3. The van der Waals surface area contributed by atoms with E-state index in [1.165, 1.54) is 0 Å². The summed E-state index contributed by atoms with van der Waals surface area (Å²) in [7, 11) is 0. The fourth-order valence-electron chi connectivity index (χ4n) is 3.54. The molecule has 0 saturated carbocycles. The van der Waals surface area contributed by atoms with Gasteiger partial charge < -0.3 is 10.0 Å². The summed E-state index contributed by atoms with van der Waals surface area (Å²) in [5.41, 5.74) is 1.53. The van der Waals surface area contributed by atoms with E-state index in [2.05, 4.69) is 18.8 Å². The molecule has 3 aromatic rings. The summed E-state index contributed by atoms with van der Waals surface area (Å²) in [6.45, 7) is 4.77. The Hall–Kier alpha value is -3.22. The van der Waals surface area contributed by atoms with Crippen molar-refractivity contribution in [1.29, 1.82) is 0 Å². The Morgan fingerprint density at radius 2 is 2.04 bits per heavy atom. The third kappa shape index (κ3) is 3.60. The number of nitrogens with zero attached hydrogens (tertiary/aromatic N) is 5. The van der Waals surface area contributed by atoms with Crippen molar-refractivity contribution in [2.75, 3.05) is 11.4 Å². The number of amides is 1. The summed E-state index contributed by atoms with van der Waals surface area (Å²) in [5, 5.41) is 14.4. The van der Waals surface area contributed by atoms with Crippen LogP contribution in [0, 0.1) is 5.92 Å². The SMILES string of the molecule is CC(C)Cc1nc(C2CC(=O)N(c3cccc(O)c3)C2)n(-c2cccnc2)n1. The van der Waals surface area contributed by atoms with Gasteiger partial charge in [-0.3, -0.25) is 9.78 Å². The van der Waals surface area contributed by atoms with Crippen LogP contribution in [0.5, 0.6) is 5.75 Å². The molecular weight excluding hydrogens is 354 g/mol. The minimum absolute atomic E-state index is 0.0155. The summed E-state index contributed by atoms with van der Waals surface area (Å²) in [6, 6.07) is 10.6. The van der Waals surface area contributed by atoms with E-state index in [1.54, 1.807) is 35.5 Å². The monoisotopic (exact) mass is 377 g/mol. The van der Waals surface area contributed by atoms with Gasteiger partial charge in [0.2, 0.25) is 5.91 Å². The highest BCUT2D eigenvalue weighted by molar-refractivity contribution is 5.96. The number of carbonyl (C=O) groups excluding carboxylic acids is 1. The molecule has 7 heteroatoms. The highest BCUT2D eigenvalue weighted by Crippen LogP contribution is 2.33. The molecule has 3 heterocycles. The number of aromatic hydroxyl groups is 1. The van der Waals surface area contributed by atoms with E-state index in [0.717, 1.165) is 23.8 Å². The number of pyridine rings is 1. The van der Waals surface area contributed by atoms with Gasteiger partial charge >= 0.3 is 0 Å². The second-order valence-electron chi connectivity index (χ2n) is 7.53.